The number of benzene rings is 1. The molecule has 2 heterocycles. The van der Waals surface area contributed by atoms with Crippen LogP contribution >= 0.6 is 0 Å². The molecule has 0 N–H and O–H groups in total. The number of rotatable bonds is 7. The Labute approximate surface area is 175 Å². The van der Waals surface area contributed by atoms with E-state index in [0.717, 1.165) is 50.3 Å². The van der Waals surface area contributed by atoms with Crippen molar-refractivity contribution in [3.8, 4) is 11.5 Å². The fourth-order valence-electron chi connectivity index (χ4n) is 4.81. The van der Waals surface area contributed by atoms with E-state index in [1.54, 1.807) is 14.2 Å². The lowest BCUT2D eigenvalue weighted by atomic mass is 9.79. The predicted octanol–water partition coefficient (Wildman–Crippen LogP) is 4.63. The van der Waals surface area contributed by atoms with Crippen molar-refractivity contribution in [1.29, 1.82) is 0 Å². The van der Waals surface area contributed by atoms with Crippen LogP contribution in [0.2, 0.25) is 0 Å². The smallest absolute Gasteiger partial charge is 0.308 e. The third-order valence-corrected chi connectivity index (χ3v) is 6.62. The quantitative estimate of drug-likeness (QED) is 0.622. The first-order valence-electron chi connectivity index (χ1n) is 11.1. The second kappa shape index (κ2) is 9.38. The summed E-state index contributed by atoms with van der Waals surface area (Å²) < 4.78 is 17.2. The zero-order valence-corrected chi connectivity index (χ0v) is 18.9. The first kappa shape index (κ1) is 21.9. The van der Waals surface area contributed by atoms with Crippen molar-refractivity contribution in [2.75, 3.05) is 27.3 Å². The summed E-state index contributed by atoms with van der Waals surface area (Å²) in [7, 11) is 3.36. The zero-order valence-electron chi connectivity index (χ0n) is 18.9. The van der Waals surface area contributed by atoms with Gasteiger partial charge in [-0.05, 0) is 48.4 Å². The minimum Gasteiger partial charge on any atom is -0.493 e. The maximum atomic E-state index is 12.6. The fraction of sp³-hybridized carbons (Fsp3) is 0.708. The molecular formula is C24H37NO4. The fourth-order valence-corrected chi connectivity index (χ4v) is 4.81. The van der Waals surface area contributed by atoms with Gasteiger partial charge in [0.2, 0.25) is 0 Å². The van der Waals surface area contributed by atoms with Gasteiger partial charge in [-0.25, -0.2) is 0 Å². The van der Waals surface area contributed by atoms with Gasteiger partial charge in [0.1, 0.15) is 6.10 Å². The molecule has 162 valence electrons. The number of ether oxygens (including phenoxy) is 3. The molecule has 0 radical (unpaired) electrons. The van der Waals surface area contributed by atoms with Crippen molar-refractivity contribution in [3.05, 3.63) is 23.3 Å². The van der Waals surface area contributed by atoms with Crippen molar-refractivity contribution in [1.82, 2.24) is 4.90 Å². The van der Waals surface area contributed by atoms with Gasteiger partial charge >= 0.3 is 5.97 Å². The van der Waals surface area contributed by atoms with E-state index in [0.29, 0.717) is 11.8 Å². The Morgan fingerprint density at radius 1 is 1.17 bits per heavy atom. The first-order chi connectivity index (χ1) is 13.9. The molecular weight excluding hydrogens is 366 g/mol. The topological polar surface area (TPSA) is 48.0 Å². The van der Waals surface area contributed by atoms with E-state index in [1.165, 1.54) is 11.1 Å². The number of piperidine rings is 1. The number of carbonyl (C=O) groups is 1. The Morgan fingerprint density at radius 2 is 1.86 bits per heavy atom. The summed E-state index contributed by atoms with van der Waals surface area (Å²) in [6, 6.07) is 4.50. The Morgan fingerprint density at radius 3 is 2.48 bits per heavy atom. The summed E-state index contributed by atoms with van der Waals surface area (Å²) in [5, 5.41) is 0. The van der Waals surface area contributed by atoms with Gasteiger partial charge in [-0.15, -0.1) is 0 Å². The molecule has 0 spiro atoms. The summed E-state index contributed by atoms with van der Waals surface area (Å²) in [6.45, 7) is 10.5. The van der Waals surface area contributed by atoms with Gasteiger partial charge in [-0.1, -0.05) is 27.7 Å². The number of fused-ring (bicyclic) bond motifs is 3. The SMILES string of the molecule is CC[C@H](C)C(=O)O[C@@H]1C[C@@H]2c3cc(OC)c(OC)cc3CCN2C[C@H]1CC(C)C. The third-order valence-electron chi connectivity index (χ3n) is 6.62. The molecule has 0 aromatic heterocycles. The average molecular weight is 404 g/mol. The number of hydrogen-bond acceptors (Lipinski definition) is 5. The van der Waals surface area contributed by atoms with Gasteiger partial charge in [0.25, 0.3) is 0 Å². The summed E-state index contributed by atoms with van der Waals surface area (Å²) >= 11 is 0. The van der Waals surface area contributed by atoms with Crippen LogP contribution in [0.1, 0.15) is 64.1 Å². The summed E-state index contributed by atoms with van der Waals surface area (Å²) in [6.07, 6.45) is 3.73. The molecule has 1 aromatic carbocycles. The molecule has 1 saturated heterocycles. The van der Waals surface area contributed by atoms with Gasteiger partial charge < -0.3 is 14.2 Å². The zero-order chi connectivity index (χ0) is 21.1. The normalized spacial score (nSPS) is 25.1. The predicted molar refractivity (Wildman–Crippen MR) is 114 cm³/mol. The van der Waals surface area contributed by atoms with E-state index < -0.39 is 0 Å². The highest BCUT2D eigenvalue weighted by Gasteiger charge is 2.41. The van der Waals surface area contributed by atoms with E-state index in [9.17, 15) is 4.79 Å². The summed E-state index contributed by atoms with van der Waals surface area (Å²) in [5.74, 6) is 2.43. The van der Waals surface area contributed by atoms with Crippen LogP contribution in [-0.2, 0) is 16.0 Å². The van der Waals surface area contributed by atoms with Gasteiger partial charge in [0, 0.05) is 31.5 Å². The second-order valence-corrected chi connectivity index (χ2v) is 9.08. The minimum absolute atomic E-state index is 0.0285. The summed E-state index contributed by atoms with van der Waals surface area (Å²) in [4.78, 5) is 15.2. The van der Waals surface area contributed by atoms with Crippen molar-refractivity contribution >= 4 is 5.97 Å². The largest absolute Gasteiger partial charge is 0.493 e. The Balaban J connectivity index is 1.88. The van der Waals surface area contributed by atoms with Gasteiger partial charge in [-0.3, -0.25) is 9.69 Å². The van der Waals surface area contributed by atoms with Crippen LogP contribution in [0.5, 0.6) is 11.5 Å². The molecule has 0 unspecified atom stereocenters. The standard InChI is InChI=1S/C24H37NO4/c1-7-16(4)24(26)29-21-13-20-19-12-23(28-6)22(27-5)11-17(19)8-9-25(20)14-18(21)10-15(2)3/h11-12,15-16,18,20-21H,7-10,13-14H2,1-6H3/t16-,18+,20+,21+/m0/s1. The van der Waals surface area contributed by atoms with Crippen LogP contribution in [0.25, 0.3) is 0 Å². The molecule has 0 amide bonds. The molecule has 1 fully saturated rings. The summed E-state index contributed by atoms with van der Waals surface area (Å²) in [5.41, 5.74) is 2.61. The van der Waals surface area contributed by atoms with Crippen molar-refractivity contribution < 1.29 is 19.0 Å². The van der Waals surface area contributed by atoms with Crippen LogP contribution in [-0.4, -0.2) is 44.3 Å². The minimum atomic E-state index is -0.0527. The number of carbonyl (C=O) groups excluding carboxylic acids is 1. The number of methoxy groups -OCH3 is 2. The monoisotopic (exact) mass is 403 g/mol. The molecule has 0 saturated carbocycles. The first-order valence-corrected chi connectivity index (χ1v) is 11.1. The highest BCUT2D eigenvalue weighted by Crippen LogP contribution is 2.44. The Hall–Kier alpha value is -1.75. The average Bonchev–Trinajstić information content (AvgIpc) is 2.71. The molecule has 2 aliphatic heterocycles. The van der Waals surface area contributed by atoms with E-state index in [-0.39, 0.29) is 24.0 Å². The molecule has 5 heteroatoms. The molecule has 1 aromatic rings. The lowest BCUT2D eigenvalue weighted by molar-refractivity contribution is -0.162. The third kappa shape index (κ3) is 4.71. The molecule has 0 aliphatic carbocycles. The molecule has 5 nitrogen and oxygen atoms in total. The van der Waals surface area contributed by atoms with E-state index in [2.05, 4.69) is 30.9 Å². The molecule has 2 aliphatic rings. The Kier molecular flexibility index (Phi) is 7.10. The maximum Gasteiger partial charge on any atom is 0.308 e. The van der Waals surface area contributed by atoms with Gasteiger partial charge in [0.05, 0.1) is 20.1 Å². The van der Waals surface area contributed by atoms with Crippen LogP contribution in [0.4, 0.5) is 0 Å². The second-order valence-electron chi connectivity index (χ2n) is 9.08. The molecule has 29 heavy (non-hydrogen) atoms. The highest BCUT2D eigenvalue weighted by atomic mass is 16.5. The van der Waals surface area contributed by atoms with Crippen LogP contribution in [0.3, 0.4) is 0 Å². The van der Waals surface area contributed by atoms with Crippen LogP contribution in [0, 0.1) is 17.8 Å². The van der Waals surface area contributed by atoms with Crippen molar-refractivity contribution in [2.24, 2.45) is 17.8 Å². The van der Waals surface area contributed by atoms with E-state index in [1.807, 2.05) is 13.8 Å². The van der Waals surface area contributed by atoms with Gasteiger partial charge in [0.15, 0.2) is 11.5 Å². The van der Waals surface area contributed by atoms with E-state index >= 15 is 0 Å². The van der Waals surface area contributed by atoms with Gasteiger partial charge in [-0.2, -0.15) is 0 Å². The molecule has 3 rings (SSSR count). The highest BCUT2D eigenvalue weighted by molar-refractivity contribution is 5.72. The number of nitrogens with zero attached hydrogens (tertiary/aromatic N) is 1. The molecule has 4 atom stereocenters. The maximum absolute atomic E-state index is 12.6. The van der Waals surface area contributed by atoms with Crippen LogP contribution < -0.4 is 9.47 Å². The molecule has 0 bridgehead atoms. The number of hydrogen-bond donors (Lipinski definition) is 0. The number of esters is 1. The lowest BCUT2D eigenvalue weighted by Crippen LogP contribution is -2.49. The van der Waals surface area contributed by atoms with Crippen LogP contribution in [0.15, 0.2) is 12.1 Å². The van der Waals surface area contributed by atoms with Crippen molar-refractivity contribution in [3.63, 3.8) is 0 Å². The lowest BCUT2D eigenvalue weighted by Gasteiger charge is -2.47. The van der Waals surface area contributed by atoms with Crippen molar-refractivity contribution in [2.45, 2.75) is 65.5 Å². The Bertz CT molecular complexity index is 717. The van der Waals surface area contributed by atoms with E-state index in [4.69, 9.17) is 14.2 Å².